The standard InChI is InChI=1S/C21H30N2O2/c1-2-20-8-9-21(25-20)17-22-13-14-23(19(16-22)11-15-24)12-10-18-6-4-3-5-7-18/h3-9,19,24H,2,10-17H2,1H3. The maximum absolute atomic E-state index is 9.47. The molecule has 0 spiro atoms. The van der Waals surface area contributed by atoms with Gasteiger partial charge in [0.2, 0.25) is 0 Å². The first-order valence-electron chi connectivity index (χ1n) is 9.47. The molecule has 1 aromatic carbocycles. The van der Waals surface area contributed by atoms with E-state index in [0.29, 0.717) is 6.04 Å². The summed E-state index contributed by atoms with van der Waals surface area (Å²) in [4.78, 5) is 5.00. The minimum absolute atomic E-state index is 0.251. The van der Waals surface area contributed by atoms with Gasteiger partial charge in [-0.05, 0) is 30.5 Å². The molecule has 4 nitrogen and oxygen atoms in total. The first-order valence-corrected chi connectivity index (χ1v) is 9.47. The summed E-state index contributed by atoms with van der Waals surface area (Å²) in [6.07, 6.45) is 2.85. The van der Waals surface area contributed by atoms with Crippen LogP contribution in [0.25, 0.3) is 0 Å². The Labute approximate surface area is 151 Å². The van der Waals surface area contributed by atoms with Crippen LogP contribution in [0.4, 0.5) is 0 Å². The molecule has 3 rings (SSSR count). The first-order chi connectivity index (χ1) is 12.3. The smallest absolute Gasteiger partial charge is 0.118 e. The Bertz CT molecular complexity index is 626. The van der Waals surface area contributed by atoms with E-state index in [2.05, 4.69) is 59.2 Å². The van der Waals surface area contributed by atoms with E-state index in [-0.39, 0.29) is 6.61 Å². The zero-order chi connectivity index (χ0) is 17.5. The zero-order valence-corrected chi connectivity index (χ0v) is 15.2. The normalized spacial score (nSPS) is 19.4. The van der Waals surface area contributed by atoms with Crippen LogP contribution in [0.1, 0.15) is 30.4 Å². The third-order valence-electron chi connectivity index (χ3n) is 5.13. The first kappa shape index (κ1) is 18.2. The summed E-state index contributed by atoms with van der Waals surface area (Å²) in [5.74, 6) is 2.11. The molecular formula is C21H30N2O2. The minimum Gasteiger partial charge on any atom is -0.465 e. The molecule has 1 N–H and O–H groups in total. The van der Waals surface area contributed by atoms with Gasteiger partial charge in [0, 0.05) is 45.2 Å². The van der Waals surface area contributed by atoms with Gasteiger partial charge >= 0.3 is 0 Å². The minimum atomic E-state index is 0.251. The molecule has 2 heterocycles. The van der Waals surface area contributed by atoms with Gasteiger partial charge in [-0.3, -0.25) is 9.80 Å². The van der Waals surface area contributed by atoms with Crippen molar-refractivity contribution in [1.82, 2.24) is 9.80 Å². The van der Waals surface area contributed by atoms with Crippen molar-refractivity contribution >= 4 is 0 Å². The van der Waals surface area contributed by atoms with Crippen molar-refractivity contribution in [3.63, 3.8) is 0 Å². The Morgan fingerprint density at radius 3 is 2.60 bits per heavy atom. The number of furan rings is 1. The molecule has 25 heavy (non-hydrogen) atoms. The number of benzene rings is 1. The van der Waals surface area contributed by atoms with E-state index in [1.807, 2.05) is 0 Å². The number of rotatable bonds is 8. The number of hydrogen-bond donors (Lipinski definition) is 1. The van der Waals surface area contributed by atoms with Crippen LogP contribution in [-0.4, -0.2) is 53.7 Å². The SMILES string of the molecule is CCc1ccc(CN2CCN(CCc3ccccc3)C(CCO)C2)o1. The molecule has 1 aliphatic rings. The zero-order valence-electron chi connectivity index (χ0n) is 15.2. The molecule has 4 heteroatoms. The number of hydrogen-bond acceptors (Lipinski definition) is 4. The van der Waals surface area contributed by atoms with Crippen molar-refractivity contribution in [3.05, 3.63) is 59.5 Å². The van der Waals surface area contributed by atoms with E-state index in [0.717, 1.165) is 63.5 Å². The summed E-state index contributed by atoms with van der Waals surface area (Å²) < 4.78 is 5.86. The van der Waals surface area contributed by atoms with Crippen LogP contribution in [0, 0.1) is 0 Å². The van der Waals surface area contributed by atoms with Crippen LogP contribution in [0.5, 0.6) is 0 Å². The van der Waals surface area contributed by atoms with E-state index in [4.69, 9.17) is 4.42 Å². The van der Waals surface area contributed by atoms with Gasteiger partial charge in [0.05, 0.1) is 6.54 Å². The number of nitrogens with zero attached hydrogens (tertiary/aromatic N) is 2. The highest BCUT2D eigenvalue weighted by molar-refractivity contribution is 5.15. The second kappa shape index (κ2) is 9.18. The predicted molar refractivity (Wildman–Crippen MR) is 101 cm³/mol. The van der Waals surface area contributed by atoms with Crippen molar-refractivity contribution < 1.29 is 9.52 Å². The summed E-state index contributed by atoms with van der Waals surface area (Å²) in [5, 5.41) is 9.47. The number of aliphatic hydroxyl groups is 1. The van der Waals surface area contributed by atoms with E-state index in [1.54, 1.807) is 0 Å². The lowest BCUT2D eigenvalue weighted by Crippen LogP contribution is -2.53. The molecular weight excluding hydrogens is 312 g/mol. The molecule has 1 unspecified atom stereocenters. The maximum Gasteiger partial charge on any atom is 0.118 e. The topological polar surface area (TPSA) is 39.9 Å². The summed E-state index contributed by atoms with van der Waals surface area (Å²) in [6.45, 7) is 7.40. The average Bonchev–Trinajstić information content (AvgIpc) is 3.10. The van der Waals surface area contributed by atoms with E-state index < -0.39 is 0 Å². The van der Waals surface area contributed by atoms with E-state index in [9.17, 15) is 5.11 Å². The van der Waals surface area contributed by atoms with Gasteiger partial charge in [-0.1, -0.05) is 37.3 Å². The summed E-state index contributed by atoms with van der Waals surface area (Å²) in [5.41, 5.74) is 1.38. The largest absolute Gasteiger partial charge is 0.465 e. The van der Waals surface area contributed by atoms with Crippen LogP contribution in [0.3, 0.4) is 0 Å². The third-order valence-corrected chi connectivity index (χ3v) is 5.13. The highest BCUT2D eigenvalue weighted by Crippen LogP contribution is 2.18. The van der Waals surface area contributed by atoms with Crippen molar-refractivity contribution in [2.24, 2.45) is 0 Å². The van der Waals surface area contributed by atoms with Crippen LogP contribution in [0.2, 0.25) is 0 Å². The van der Waals surface area contributed by atoms with Gasteiger partial charge in [0.25, 0.3) is 0 Å². The van der Waals surface area contributed by atoms with Crippen molar-refractivity contribution in [3.8, 4) is 0 Å². The fourth-order valence-electron chi connectivity index (χ4n) is 3.65. The van der Waals surface area contributed by atoms with Crippen LogP contribution in [0.15, 0.2) is 46.9 Å². The van der Waals surface area contributed by atoms with Gasteiger partial charge in [-0.25, -0.2) is 0 Å². The van der Waals surface area contributed by atoms with Gasteiger partial charge in [0.1, 0.15) is 11.5 Å². The van der Waals surface area contributed by atoms with Crippen molar-refractivity contribution in [2.45, 2.75) is 38.8 Å². The van der Waals surface area contributed by atoms with Crippen LogP contribution >= 0.6 is 0 Å². The second-order valence-corrected chi connectivity index (χ2v) is 6.89. The Balaban J connectivity index is 1.54. The van der Waals surface area contributed by atoms with Gasteiger partial charge in [-0.15, -0.1) is 0 Å². The third kappa shape index (κ3) is 5.18. The highest BCUT2D eigenvalue weighted by Gasteiger charge is 2.26. The molecule has 0 amide bonds. The molecule has 1 fully saturated rings. The van der Waals surface area contributed by atoms with Crippen molar-refractivity contribution in [1.29, 1.82) is 0 Å². The molecule has 136 valence electrons. The predicted octanol–water partition coefficient (Wildman–Crippen LogP) is 2.95. The highest BCUT2D eigenvalue weighted by atomic mass is 16.3. The molecule has 0 aliphatic carbocycles. The van der Waals surface area contributed by atoms with Crippen molar-refractivity contribution in [2.75, 3.05) is 32.8 Å². The Morgan fingerprint density at radius 1 is 1.08 bits per heavy atom. The Kier molecular flexibility index (Phi) is 6.68. The molecule has 0 saturated carbocycles. The Morgan fingerprint density at radius 2 is 1.88 bits per heavy atom. The lowest BCUT2D eigenvalue weighted by molar-refractivity contribution is 0.0527. The number of piperazine rings is 1. The summed E-state index contributed by atoms with van der Waals surface area (Å²) in [7, 11) is 0. The molecule has 1 atom stereocenters. The summed E-state index contributed by atoms with van der Waals surface area (Å²) in [6, 6.07) is 15.3. The fraction of sp³-hybridized carbons (Fsp3) is 0.524. The molecule has 0 radical (unpaired) electrons. The lowest BCUT2D eigenvalue weighted by Gasteiger charge is -2.41. The fourth-order valence-corrected chi connectivity index (χ4v) is 3.65. The van der Waals surface area contributed by atoms with Gasteiger partial charge in [0.15, 0.2) is 0 Å². The lowest BCUT2D eigenvalue weighted by atomic mass is 10.1. The molecule has 1 saturated heterocycles. The second-order valence-electron chi connectivity index (χ2n) is 6.89. The molecule has 1 aliphatic heterocycles. The van der Waals surface area contributed by atoms with Gasteiger partial charge < -0.3 is 9.52 Å². The van der Waals surface area contributed by atoms with Crippen LogP contribution < -0.4 is 0 Å². The Hall–Kier alpha value is -1.62. The summed E-state index contributed by atoms with van der Waals surface area (Å²) >= 11 is 0. The maximum atomic E-state index is 9.47. The van der Waals surface area contributed by atoms with Crippen LogP contribution in [-0.2, 0) is 19.4 Å². The van der Waals surface area contributed by atoms with E-state index >= 15 is 0 Å². The molecule has 2 aromatic rings. The average molecular weight is 342 g/mol. The molecule has 0 bridgehead atoms. The molecule has 1 aromatic heterocycles. The quantitative estimate of drug-likeness (QED) is 0.801. The number of aryl methyl sites for hydroxylation is 1. The number of aliphatic hydroxyl groups excluding tert-OH is 1. The van der Waals surface area contributed by atoms with Gasteiger partial charge in [-0.2, -0.15) is 0 Å². The monoisotopic (exact) mass is 342 g/mol. The van der Waals surface area contributed by atoms with E-state index in [1.165, 1.54) is 5.56 Å².